The first-order chi connectivity index (χ1) is 8.93. The Bertz CT molecular complexity index is 613. The maximum atomic E-state index is 5.78. The van der Waals surface area contributed by atoms with Gasteiger partial charge in [0.05, 0.1) is 17.3 Å². The zero-order valence-electron chi connectivity index (χ0n) is 10.8. The lowest BCUT2D eigenvalue weighted by Gasteiger charge is -2.15. The maximum absolute atomic E-state index is 5.78. The Labute approximate surface area is 133 Å². The standard InChI is InChI=1S/C13H14Br2N2OS/c1-6(12-7(2)17-13(16)19-12)8-4-11(18-3)10(15)5-9(8)14/h4-6H,1-3H3,(H2,16,17). The summed E-state index contributed by atoms with van der Waals surface area (Å²) in [7, 11) is 1.67. The molecule has 0 saturated carbocycles. The van der Waals surface area contributed by atoms with Crippen molar-refractivity contribution < 1.29 is 4.74 Å². The molecule has 0 fully saturated rings. The van der Waals surface area contributed by atoms with Crippen molar-refractivity contribution in [2.75, 3.05) is 12.8 Å². The van der Waals surface area contributed by atoms with Crippen molar-refractivity contribution in [1.82, 2.24) is 4.98 Å². The molecule has 19 heavy (non-hydrogen) atoms. The van der Waals surface area contributed by atoms with Crippen LogP contribution >= 0.6 is 43.2 Å². The molecule has 1 unspecified atom stereocenters. The average Bonchev–Trinajstić information content (AvgIpc) is 2.68. The number of ether oxygens (including phenoxy) is 1. The summed E-state index contributed by atoms with van der Waals surface area (Å²) >= 11 is 8.62. The van der Waals surface area contributed by atoms with Gasteiger partial charge < -0.3 is 10.5 Å². The summed E-state index contributed by atoms with van der Waals surface area (Å²) in [5.74, 6) is 1.03. The molecule has 0 saturated heterocycles. The highest BCUT2D eigenvalue weighted by Gasteiger charge is 2.19. The van der Waals surface area contributed by atoms with Gasteiger partial charge in [0.1, 0.15) is 5.75 Å². The third kappa shape index (κ3) is 2.95. The Morgan fingerprint density at radius 1 is 1.32 bits per heavy atom. The van der Waals surface area contributed by atoms with Crippen LogP contribution in [0.1, 0.15) is 29.0 Å². The number of nitrogen functional groups attached to an aromatic ring is 1. The molecule has 2 aromatic rings. The molecule has 1 heterocycles. The molecular weight excluding hydrogens is 392 g/mol. The van der Waals surface area contributed by atoms with Crippen molar-refractivity contribution >= 4 is 48.3 Å². The Hall–Kier alpha value is -0.590. The minimum absolute atomic E-state index is 0.214. The number of hydrogen-bond acceptors (Lipinski definition) is 4. The Balaban J connectivity index is 2.49. The van der Waals surface area contributed by atoms with Crippen LogP contribution in [0, 0.1) is 6.92 Å². The van der Waals surface area contributed by atoms with Crippen molar-refractivity contribution in [2.24, 2.45) is 0 Å². The van der Waals surface area contributed by atoms with Crippen molar-refractivity contribution in [3.63, 3.8) is 0 Å². The number of halogens is 2. The van der Waals surface area contributed by atoms with E-state index >= 15 is 0 Å². The largest absolute Gasteiger partial charge is 0.496 e. The summed E-state index contributed by atoms with van der Waals surface area (Å²) in [6.45, 7) is 4.13. The van der Waals surface area contributed by atoms with E-state index in [9.17, 15) is 0 Å². The summed E-state index contributed by atoms with van der Waals surface area (Å²) in [5, 5.41) is 0.611. The van der Waals surface area contributed by atoms with Gasteiger partial charge in [0.15, 0.2) is 5.13 Å². The first-order valence-electron chi connectivity index (χ1n) is 5.69. The smallest absolute Gasteiger partial charge is 0.180 e. The second-order valence-electron chi connectivity index (χ2n) is 4.23. The number of nitrogens with zero attached hydrogens (tertiary/aromatic N) is 1. The van der Waals surface area contributed by atoms with Crippen LogP contribution in [0.25, 0.3) is 0 Å². The Kier molecular flexibility index (Phi) is 4.53. The van der Waals surface area contributed by atoms with Crippen molar-refractivity contribution in [3.8, 4) is 5.75 Å². The van der Waals surface area contributed by atoms with Crippen molar-refractivity contribution in [1.29, 1.82) is 0 Å². The SMILES string of the molecule is COc1cc(C(C)c2sc(N)nc2C)c(Br)cc1Br. The van der Waals surface area contributed by atoms with E-state index in [4.69, 9.17) is 10.5 Å². The van der Waals surface area contributed by atoms with Gasteiger partial charge in [-0.25, -0.2) is 4.98 Å². The molecule has 3 nitrogen and oxygen atoms in total. The Morgan fingerprint density at radius 3 is 2.53 bits per heavy atom. The molecule has 0 aliphatic heterocycles. The van der Waals surface area contributed by atoms with Crippen LogP contribution in [0.3, 0.4) is 0 Å². The van der Waals surface area contributed by atoms with Crippen LogP contribution in [-0.4, -0.2) is 12.1 Å². The number of benzene rings is 1. The van der Waals surface area contributed by atoms with Crippen LogP contribution in [-0.2, 0) is 0 Å². The number of methoxy groups -OCH3 is 1. The zero-order chi connectivity index (χ0) is 14.2. The highest BCUT2D eigenvalue weighted by Crippen LogP contribution is 2.40. The summed E-state index contributed by atoms with van der Waals surface area (Å²) in [5.41, 5.74) is 7.93. The minimum Gasteiger partial charge on any atom is -0.496 e. The molecule has 0 bridgehead atoms. The number of rotatable bonds is 3. The van der Waals surface area contributed by atoms with Gasteiger partial charge in [0.2, 0.25) is 0 Å². The summed E-state index contributed by atoms with van der Waals surface area (Å²) < 4.78 is 7.33. The van der Waals surface area contributed by atoms with E-state index in [0.717, 1.165) is 26.0 Å². The molecule has 1 aromatic carbocycles. The fraction of sp³-hybridized carbons (Fsp3) is 0.308. The topological polar surface area (TPSA) is 48.1 Å². The molecule has 0 aliphatic rings. The van der Waals surface area contributed by atoms with Gasteiger partial charge in [0, 0.05) is 15.3 Å². The second-order valence-corrected chi connectivity index (χ2v) is 7.00. The molecule has 0 aliphatic carbocycles. The number of thiazole rings is 1. The van der Waals surface area contributed by atoms with E-state index < -0.39 is 0 Å². The van der Waals surface area contributed by atoms with Crippen LogP contribution in [0.15, 0.2) is 21.1 Å². The fourth-order valence-corrected chi connectivity index (χ4v) is 4.41. The third-order valence-corrected chi connectivity index (χ3v) is 5.46. The highest BCUT2D eigenvalue weighted by atomic mass is 79.9. The normalized spacial score (nSPS) is 12.5. The molecule has 0 spiro atoms. The van der Waals surface area contributed by atoms with Gasteiger partial charge in [-0.1, -0.05) is 22.9 Å². The first kappa shape index (κ1) is 14.8. The number of anilines is 1. The molecule has 102 valence electrons. The summed E-state index contributed by atoms with van der Waals surface area (Å²) in [4.78, 5) is 5.47. The van der Waals surface area contributed by atoms with E-state index in [1.165, 1.54) is 16.2 Å². The summed E-state index contributed by atoms with van der Waals surface area (Å²) in [6, 6.07) is 4.04. The molecule has 1 atom stereocenters. The maximum Gasteiger partial charge on any atom is 0.180 e. The van der Waals surface area contributed by atoms with Crippen LogP contribution in [0.2, 0.25) is 0 Å². The average molecular weight is 406 g/mol. The zero-order valence-corrected chi connectivity index (χ0v) is 14.8. The van der Waals surface area contributed by atoms with Crippen LogP contribution in [0.5, 0.6) is 5.75 Å². The first-order valence-corrected chi connectivity index (χ1v) is 8.10. The predicted molar refractivity (Wildman–Crippen MR) is 87.2 cm³/mol. The highest BCUT2D eigenvalue weighted by molar-refractivity contribution is 9.11. The number of hydrogen-bond donors (Lipinski definition) is 1. The Morgan fingerprint density at radius 2 is 2.00 bits per heavy atom. The monoisotopic (exact) mass is 404 g/mol. The van der Waals surface area contributed by atoms with Gasteiger partial charge in [-0.2, -0.15) is 0 Å². The fourth-order valence-electron chi connectivity index (χ4n) is 2.01. The van der Waals surface area contributed by atoms with E-state index in [2.05, 4.69) is 43.8 Å². The van der Waals surface area contributed by atoms with Crippen molar-refractivity contribution in [2.45, 2.75) is 19.8 Å². The van der Waals surface area contributed by atoms with E-state index in [1.54, 1.807) is 7.11 Å². The number of aromatic nitrogens is 1. The van der Waals surface area contributed by atoms with Gasteiger partial charge in [-0.05, 0) is 40.5 Å². The van der Waals surface area contributed by atoms with Gasteiger partial charge in [0.25, 0.3) is 0 Å². The van der Waals surface area contributed by atoms with Crippen LogP contribution in [0.4, 0.5) is 5.13 Å². The summed E-state index contributed by atoms with van der Waals surface area (Å²) in [6.07, 6.45) is 0. The second kappa shape index (κ2) is 5.81. The minimum atomic E-state index is 0.214. The number of aryl methyl sites for hydroxylation is 1. The third-order valence-electron chi connectivity index (χ3n) is 2.98. The van der Waals surface area contributed by atoms with Gasteiger partial charge in [-0.3, -0.25) is 0 Å². The molecule has 2 N–H and O–H groups in total. The molecule has 2 rings (SSSR count). The lowest BCUT2D eigenvalue weighted by molar-refractivity contribution is 0.411. The quantitative estimate of drug-likeness (QED) is 0.803. The number of nitrogens with two attached hydrogens (primary N) is 1. The lowest BCUT2D eigenvalue weighted by atomic mass is 9.98. The van der Waals surface area contributed by atoms with E-state index in [1.807, 2.05) is 19.1 Å². The molecule has 1 aromatic heterocycles. The molecule has 0 amide bonds. The van der Waals surface area contributed by atoms with Gasteiger partial charge >= 0.3 is 0 Å². The molecule has 0 radical (unpaired) electrons. The van der Waals surface area contributed by atoms with Crippen LogP contribution < -0.4 is 10.5 Å². The van der Waals surface area contributed by atoms with Gasteiger partial charge in [-0.15, -0.1) is 11.3 Å². The molecule has 6 heteroatoms. The van der Waals surface area contributed by atoms with Crippen molar-refractivity contribution in [3.05, 3.63) is 37.2 Å². The van der Waals surface area contributed by atoms with E-state index in [-0.39, 0.29) is 5.92 Å². The lowest BCUT2D eigenvalue weighted by Crippen LogP contribution is -1.98. The van der Waals surface area contributed by atoms with E-state index in [0.29, 0.717) is 5.13 Å². The predicted octanol–water partition coefficient (Wildman–Crippen LogP) is 4.72. The molecular formula is C13H14Br2N2OS.